The van der Waals surface area contributed by atoms with E-state index >= 15 is 0 Å². The van der Waals surface area contributed by atoms with Crippen LogP contribution >= 0.6 is 11.8 Å². The van der Waals surface area contributed by atoms with Gasteiger partial charge >= 0.3 is 6.18 Å². The van der Waals surface area contributed by atoms with Gasteiger partial charge in [0.05, 0.1) is 18.1 Å². The Morgan fingerprint density at radius 3 is 2.65 bits per heavy atom. The Kier molecular flexibility index (Phi) is 5.44. The van der Waals surface area contributed by atoms with Crippen molar-refractivity contribution in [3.63, 3.8) is 0 Å². The lowest BCUT2D eigenvalue weighted by Crippen LogP contribution is -2.42. The van der Waals surface area contributed by atoms with Crippen LogP contribution in [0.2, 0.25) is 0 Å². The first kappa shape index (κ1) is 18.7. The summed E-state index contributed by atoms with van der Waals surface area (Å²) < 4.78 is 69.0. The maximum atomic E-state index is 12.7. The predicted molar refractivity (Wildman–Crippen MR) is 80.9 cm³/mol. The number of thioether (sulfide) groups is 1. The van der Waals surface area contributed by atoms with Gasteiger partial charge in [0, 0.05) is 19.2 Å². The number of methoxy groups -OCH3 is 1. The third-order valence-corrected chi connectivity index (χ3v) is 7.10. The first-order chi connectivity index (χ1) is 10.6. The van der Waals surface area contributed by atoms with E-state index in [0.717, 1.165) is 17.8 Å². The number of aliphatic hydroxyl groups is 1. The smallest absolute Gasteiger partial charge is 0.392 e. The molecule has 0 bridgehead atoms. The summed E-state index contributed by atoms with van der Waals surface area (Å²) in [5, 5.41) is 11.1. The van der Waals surface area contributed by atoms with Crippen LogP contribution in [0.3, 0.4) is 0 Å². The molecular weight excluding hydrogens is 354 g/mol. The number of allylic oxidation sites excluding steroid dienone is 1. The van der Waals surface area contributed by atoms with Crippen molar-refractivity contribution in [1.82, 2.24) is 4.72 Å². The fourth-order valence-corrected chi connectivity index (χ4v) is 5.45. The van der Waals surface area contributed by atoms with Crippen LogP contribution in [0.4, 0.5) is 13.2 Å². The van der Waals surface area contributed by atoms with E-state index in [1.54, 1.807) is 0 Å². The van der Waals surface area contributed by atoms with Crippen molar-refractivity contribution in [2.24, 2.45) is 5.92 Å². The van der Waals surface area contributed by atoms with Crippen molar-refractivity contribution in [2.45, 2.75) is 35.8 Å². The summed E-state index contributed by atoms with van der Waals surface area (Å²) in [7, 11) is 3.02. The topological polar surface area (TPSA) is 75.6 Å². The Hall–Kier alpha value is -0.645. The molecule has 2 rings (SSSR count). The molecule has 0 aromatic heterocycles. The van der Waals surface area contributed by atoms with Crippen molar-refractivity contribution >= 4 is 29.6 Å². The fourth-order valence-electron chi connectivity index (χ4n) is 2.48. The predicted octanol–water partition coefficient (Wildman–Crippen LogP) is 1.22. The molecule has 1 heterocycles. The highest BCUT2D eigenvalue weighted by atomic mass is 32.3. The second-order valence-electron chi connectivity index (χ2n) is 5.31. The molecule has 1 aliphatic heterocycles. The van der Waals surface area contributed by atoms with E-state index in [-0.39, 0.29) is 11.2 Å². The lowest BCUT2D eigenvalue weighted by atomic mass is 9.89. The van der Waals surface area contributed by atoms with Crippen LogP contribution in [0.1, 0.15) is 12.8 Å². The monoisotopic (exact) mass is 369 g/mol. The maximum Gasteiger partial charge on any atom is 0.394 e. The molecule has 2 N–H and O–H groups in total. The zero-order valence-corrected chi connectivity index (χ0v) is 13.7. The van der Waals surface area contributed by atoms with Gasteiger partial charge in [0.15, 0.2) is 4.58 Å². The summed E-state index contributed by atoms with van der Waals surface area (Å²) in [6.07, 6.45) is -6.79. The van der Waals surface area contributed by atoms with Crippen LogP contribution in [-0.4, -0.2) is 51.4 Å². The van der Waals surface area contributed by atoms with Crippen molar-refractivity contribution in [3.05, 3.63) is 22.7 Å². The molecule has 0 saturated carbocycles. The fraction of sp³-hybridized carbons (Fsp3) is 0.667. The zero-order valence-electron chi connectivity index (χ0n) is 12.1. The minimum Gasteiger partial charge on any atom is -0.392 e. The van der Waals surface area contributed by atoms with Gasteiger partial charge in [0.1, 0.15) is 7.85 Å². The molecule has 0 amide bonds. The Morgan fingerprint density at radius 2 is 2.13 bits per heavy atom. The molecule has 5 nitrogen and oxygen atoms in total. The Bertz CT molecular complexity index is 620. The van der Waals surface area contributed by atoms with Crippen molar-refractivity contribution in [3.8, 4) is 0 Å². The number of aliphatic hydroxyl groups excluding tert-OH is 1. The van der Waals surface area contributed by atoms with Gasteiger partial charge in [-0.2, -0.15) is 13.2 Å². The van der Waals surface area contributed by atoms with E-state index in [1.165, 1.54) is 12.5 Å². The average molecular weight is 369 g/mol. The summed E-state index contributed by atoms with van der Waals surface area (Å²) >= 11 is 0.952. The summed E-state index contributed by atoms with van der Waals surface area (Å²) in [5.41, 5.74) is 0.307. The van der Waals surface area contributed by atoms with Crippen LogP contribution in [-0.2, 0) is 14.8 Å². The highest BCUT2D eigenvalue weighted by molar-refractivity contribution is 8.15. The molecule has 2 radical (unpaired) electrons. The molecule has 0 aromatic carbocycles. The normalized spacial score (nSPS) is 32.4. The second-order valence-corrected chi connectivity index (χ2v) is 8.43. The number of hydrogen-bond donors (Lipinski definition) is 2. The summed E-state index contributed by atoms with van der Waals surface area (Å²) in [4.78, 5) is 0. The first-order valence-electron chi connectivity index (χ1n) is 6.65. The SMILES string of the molecule is [B]C1=CSC(S(=O)(=O)NC2=CCC(C(F)(F)F)C(O)C2)C1OC. The standard InChI is InChI=1S/C12H15BF3NO4S2/c1-21-10-8(13)5-22-11(10)23(19,20)17-6-2-3-7(9(18)4-6)12(14,15)16/h2,5,7,9-11,17-18H,3-4H2,1H3. The minimum atomic E-state index is -4.53. The summed E-state index contributed by atoms with van der Waals surface area (Å²) in [5.74, 6) is -1.89. The van der Waals surface area contributed by atoms with Crippen LogP contribution in [0, 0.1) is 5.92 Å². The van der Waals surface area contributed by atoms with E-state index in [9.17, 15) is 26.7 Å². The summed E-state index contributed by atoms with van der Waals surface area (Å²) in [6, 6.07) is 0. The van der Waals surface area contributed by atoms with Gasteiger partial charge in [0.2, 0.25) is 10.0 Å². The van der Waals surface area contributed by atoms with Crippen LogP contribution in [0.15, 0.2) is 22.7 Å². The average Bonchev–Trinajstić information content (AvgIpc) is 2.78. The molecule has 128 valence electrons. The second kappa shape index (κ2) is 6.69. The number of nitrogens with one attached hydrogen (secondary N) is 1. The van der Waals surface area contributed by atoms with Crippen LogP contribution < -0.4 is 4.72 Å². The Balaban J connectivity index is 2.09. The number of alkyl halides is 3. The number of ether oxygens (including phenoxy) is 1. The molecule has 0 fully saturated rings. The van der Waals surface area contributed by atoms with Crippen molar-refractivity contribution < 1.29 is 31.4 Å². The summed E-state index contributed by atoms with van der Waals surface area (Å²) in [6.45, 7) is 0. The molecule has 0 saturated heterocycles. The molecule has 4 atom stereocenters. The third-order valence-electron chi connectivity index (χ3n) is 3.68. The Morgan fingerprint density at radius 1 is 1.48 bits per heavy atom. The molecule has 2 aliphatic rings. The Labute approximate surface area is 137 Å². The van der Waals surface area contributed by atoms with E-state index in [2.05, 4.69) is 4.72 Å². The molecule has 0 spiro atoms. The van der Waals surface area contributed by atoms with E-state index < -0.39 is 51.7 Å². The lowest BCUT2D eigenvalue weighted by molar-refractivity contribution is -0.200. The number of sulfonamides is 1. The quantitative estimate of drug-likeness (QED) is 0.729. The highest BCUT2D eigenvalue weighted by Gasteiger charge is 2.46. The third kappa shape index (κ3) is 4.07. The zero-order chi connectivity index (χ0) is 17.4. The lowest BCUT2D eigenvalue weighted by Gasteiger charge is -2.30. The van der Waals surface area contributed by atoms with E-state index in [0.29, 0.717) is 0 Å². The van der Waals surface area contributed by atoms with Crippen LogP contribution in [0.25, 0.3) is 0 Å². The van der Waals surface area contributed by atoms with Crippen molar-refractivity contribution in [1.29, 1.82) is 0 Å². The highest BCUT2D eigenvalue weighted by Crippen LogP contribution is 2.38. The molecule has 0 aromatic rings. The largest absolute Gasteiger partial charge is 0.394 e. The van der Waals surface area contributed by atoms with Crippen molar-refractivity contribution in [2.75, 3.05) is 7.11 Å². The number of halogens is 3. The molecular formula is C12H15BF3NO4S2. The van der Waals surface area contributed by atoms with E-state index in [4.69, 9.17) is 12.6 Å². The van der Waals surface area contributed by atoms with Gasteiger partial charge in [-0.25, -0.2) is 8.42 Å². The van der Waals surface area contributed by atoms with Gasteiger partial charge < -0.3 is 9.84 Å². The molecule has 11 heteroatoms. The van der Waals surface area contributed by atoms with Gasteiger partial charge in [-0.1, -0.05) is 11.5 Å². The van der Waals surface area contributed by atoms with Crippen LogP contribution in [0.5, 0.6) is 0 Å². The number of rotatable bonds is 4. The maximum absolute atomic E-state index is 12.7. The van der Waals surface area contributed by atoms with E-state index in [1.807, 2.05) is 0 Å². The van der Waals surface area contributed by atoms with Gasteiger partial charge in [-0.05, 0) is 11.8 Å². The molecule has 1 aliphatic carbocycles. The first-order valence-corrected chi connectivity index (χ1v) is 9.14. The number of hydrogen-bond acceptors (Lipinski definition) is 5. The van der Waals surface area contributed by atoms with Gasteiger partial charge in [-0.15, -0.1) is 11.8 Å². The van der Waals surface area contributed by atoms with Gasteiger partial charge in [-0.3, -0.25) is 4.72 Å². The molecule has 4 unspecified atom stereocenters. The van der Waals surface area contributed by atoms with Gasteiger partial charge in [0.25, 0.3) is 0 Å². The molecule has 23 heavy (non-hydrogen) atoms. The minimum absolute atomic E-state index is 0.0407.